The maximum atomic E-state index is 10.6. The summed E-state index contributed by atoms with van der Waals surface area (Å²) in [5.41, 5.74) is 0.486. The molecule has 0 bridgehead atoms. The normalized spacial score (nSPS) is 28.3. The van der Waals surface area contributed by atoms with Crippen molar-refractivity contribution in [2.75, 3.05) is 6.54 Å². The Kier molecular flexibility index (Phi) is 4.66. The Labute approximate surface area is 114 Å². The van der Waals surface area contributed by atoms with E-state index in [0.29, 0.717) is 12.5 Å². The van der Waals surface area contributed by atoms with Crippen LogP contribution in [0.3, 0.4) is 0 Å². The maximum absolute atomic E-state index is 10.6. The van der Waals surface area contributed by atoms with Crippen LogP contribution in [0.2, 0.25) is 5.02 Å². The molecule has 2 N–H and O–H groups in total. The third kappa shape index (κ3) is 3.47. The summed E-state index contributed by atoms with van der Waals surface area (Å²) in [7, 11) is 0. The van der Waals surface area contributed by atoms with Crippen molar-refractivity contribution in [2.24, 2.45) is 0 Å². The summed E-state index contributed by atoms with van der Waals surface area (Å²) in [4.78, 5) is 0. The lowest BCUT2D eigenvalue weighted by atomic mass is 9.78. The first-order valence-corrected chi connectivity index (χ1v) is 7.20. The Morgan fingerprint density at radius 2 is 2.00 bits per heavy atom. The lowest BCUT2D eigenvalue weighted by Gasteiger charge is -2.36. The van der Waals surface area contributed by atoms with E-state index in [1.54, 1.807) is 0 Å². The van der Waals surface area contributed by atoms with Gasteiger partial charge in [-0.1, -0.05) is 36.7 Å². The van der Waals surface area contributed by atoms with Crippen LogP contribution in [-0.2, 0) is 6.42 Å². The van der Waals surface area contributed by atoms with Crippen LogP contribution in [0.25, 0.3) is 0 Å². The molecule has 0 atom stereocenters. The van der Waals surface area contributed by atoms with Crippen molar-refractivity contribution in [3.63, 3.8) is 0 Å². The summed E-state index contributed by atoms with van der Waals surface area (Å²) in [6.07, 6.45) is 4.49. The fraction of sp³-hybridized carbons (Fsp3) is 0.600. The summed E-state index contributed by atoms with van der Waals surface area (Å²) in [6, 6.07) is 8.38. The summed E-state index contributed by atoms with van der Waals surface area (Å²) >= 11 is 6.16. The number of rotatable bonds is 4. The number of aliphatic hydroxyl groups is 1. The quantitative estimate of drug-likeness (QED) is 0.878. The third-order valence-corrected chi connectivity index (χ3v) is 4.26. The SMILES string of the molecule is CCNC1CCC(O)(Cc2ccccc2Cl)CC1. The highest BCUT2D eigenvalue weighted by Crippen LogP contribution is 2.33. The van der Waals surface area contributed by atoms with Crippen LogP contribution in [0.1, 0.15) is 38.2 Å². The molecule has 3 heteroatoms. The van der Waals surface area contributed by atoms with E-state index in [4.69, 9.17) is 11.6 Å². The molecular formula is C15H22ClNO. The average Bonchev–Trinajstić information content (AvgIpc) is 2.36. The van der Waals surface area contributed by atoms with Gasteiger partial charge in [0.05, 0.1) is 5.60 Å². The van der Waals surface area contributed by atoms with Crippen LogP contribution in [0, 0.1) is 0 Å². The molecule has 1 fully saturated rings. The molecule has 0 heterocycles. The fourth-order valence-electron chi connectivity index (χ4n) is 2.82. The Bertz CT molecular complexity index is 386. The van der Waals surface area contributed by atoms with Crippen molar-refractivity contribution in [1.82, 2.24) is 5.32 Å². The molecule has 1 aliphatic carbocycles. The fourth-order valence-corrected chi connectivity index (χ4v) is 3.02. The van der Waals surface area contributed by atoms with Gasteiger partial charge in [0.2, 0.25) is 0 Å². The monoisotopic (exact) mass is 267 g/mol. The smallest absolute Gasteiger partial charge is 0.0689 e. The number of benzene rings is 1. The van der Waals surface area contributed by atoms with Crippen molar-refractivity contribution in [3.05, 3.63) is 34.9 Å². The summed E-state index contributed by atoms with van der Waals surface area (Å²) in [6.45, 7) is 3.14. The Balaban J connectivity index is 1.96. The van der Waals surface area contributed by atoms with Gasteiger partial charge in [0.15, 0.2) is 0 Å². The van der Waals surface area contributed by atoms with E-state index in [-0.39, 0.29) is 0 Å². The number of hydrogen-bond donors (Lipinski definition) is 2. The predicted octanol–water partition coefficient (Wildman–Crippen LogP) is 3.17. The van der Waals surface area contributed by atoms with Gasteiger partial charge in [-0.25, -0.2) is 0 Å². The van der Waals surface area contributed by atoms with E-state index in [1.807, 2.05) is 24.3 Å². The third-order valence-electron chi connectivity index (χ3n) is 3.89. The van der Waals surface area contributed by atoms with Gasteiger partial charge in [0.1, 0.15) is 0 Å². The molecule has 1 aromatic rings. The second kappa shape index (κ2) is 6.05. The van der Waals surface area contributed by atoms with E-state index >= 15 is 0 Å². The number of halogens is 1. The minimum atomic E-state index is -0.573. The molecule has 2 nitrogen and oxygen atoms in total. The zero-order chi connectivity index (χ0) is 13.0. The van der Waals surface area contributed by atoms with Crippen LogP contribution in [0.15, 0.2) is 24.3 Å². The van der Waals surface area contributed by atoms with Crippen molar-refractivity contribution in [3.8, 4) is 0 Å². The Morgan fingerprint density at radius 1 is 1.33 bits per heavy atom. The van der Waals surface area contributed by atoms with Crippen molar-refractivity contribution in [1.29, 1.82) is 0 Å². The first-order chi connectivity index (χ1) is 8.63. The highest BCUT2D eigenvalue weighted by molar-refractivity contribution is 6.31. The molecule has 0 unspecified atom stereocenters. The Morgan fingerprint density at radius 3 is 2.61 bits per heavy atom. The van der Waals surface area contributed by atoms with Gasteiger partial charge in [0.25, 0.3) is 0 Å². The minimum absolute atomic E-state index is 0.571. The molecule has 0 spiro atoms. The van der Waals surface area contributed by atoms with E-state index in [9.17, 15) is 5.11 Å². The first-order valence-electron chi connectivity index (χ1n) is 6.82. The van der Waals surface area contributed by atoms with Crippen molar-refractivity contribution in [2.45, 2.75) is 50.7 Å². The molecule has 0 aliphatic heterocycles. The molecule has 1 saturated carbocycles. The lowest BCUT2D eigenvalue weighted by Crippen LogP contribution is -2.42. The zero-order valence-electron chi connectivity index (χ0n) is 11.0. The number of hydrogen-bond acceptors (Lipinski definition) is 2. The van der Waals surface area contributed by atoms with Gasteiger partial charge in [0, 0.05) is 17.5 Å². The molecule has 100 valence electrons. The second-order valence-corrected chi connectivity index (χ2v) is 5.73. The van der Waals surface area contributed by atoms with Gasteiger partial charge in [-0.05, 0) is 43.9 Å². The van der Waals surface area contributed by atoms with E-state index in [2.05, 4.69) is 12.2 Å². The van der Waals surface area contributed by atoms with E-state index < -0.39 is 5.60 Å². The molecular weight excluding hydrogens is 246 g/mol. The van der Waals surface area contributed by atoms with Gasteiger partial charge < -0.3 is 10.4 Å². The maximum Gasteiger partial charge on any atom is 0.0689 e. The molecule has 0 amide bonds. The van der Waals surface area contributed by atoms with E-state index in [1.165, 1.54) is 0 Å². The molecule has 1 aromatic carbocycles. The molecule has 2 rings (SSSR count). The van der Waals surface area contributed by atoms with Crippen LogP contribution in [0.4, 0.5) is 0 Å². The number of nitrogens with one attached hydrogen (secondary N) is 1. The highest BCUT2D eigenvalue weighted by atomic mass is 35.5. The van der Waals surface area contributed by atoms with Crippen LogP contribution < -0.4 is 5.32 Å². The second-order valence-electron chi connectivity index (χ2n) is 5.32. The largest absolute Gasteiger partial charge is 0.390 e. The zero-order valence-corrected chi connectivity index (χ0v) is 11.7. The standard InChI is InChI=1S/C15H22ClNO/c1-2-17-13-7-9-15(18,10-8-13)11-12-5-3-4-6-14(12)16/h3-6,13,17-18H,2,7-11H2,1H3. The topological polar surface area (TPSA) is 32.3 Å². The van der Waals surface area contributed by atoms with Crippen LogP contribution in [-0.4, -0.2) is 23.3 Å². The molecule has 0 radical (unpaired) electrons. The summed E-state index contributed by atoms with van der Waals surface area (Å²) in [5.74, 6) is 0. The molecule has 0 saturated heterocycles. The van der Waals surface area contributed by atoms with Gasteiger partial charge >= 0.3 is 0 Å². The predicted molar refractivity (Wildman–Crippen MR) is 76.0 cm³/mol. The van der Waals surface area contributed by atoms with Crippen LogP contribution in [0.5, 0.6) is 0 Å². The van der Waals surface area contributed by atoms with Crippen molar-refractivity contribution >= 4 is 11.6 Å². The molecule has 0 aromatic heterocycles. The highest BCUT2D eigenvalue weighted by Gasteiger charge is 2.33. The molecule has 18 heavy (non-hydrogen) atoms. The summed E-state index contributed by atoms with van der Waals surface area (Å²) in [5, 5.41) is 14.9. The Hall–Kier alpha value is -0.570. The van der Waals surface area contributed by atoms with E-state index in [0.717, 1.165) is 42.8 Å². The van der Waals surface area contributed by atoms with Gasteiger partial charge in [-0.15, -0.1) is 0 Å². The first kappa shape index (κ1) is 13.9. The minimum Gasteiger partial charge on any atom is -0.390 e. The molecule has 1 aliphatic rings. The average molecular weight is 268 g/mol. The summed E-state index contributed by atoms with van der Waals surface area (Å²) < 4.78 is 0. The van der Waals surface area contributed by atoms with Gasteiger partial charge in [-0.3, -0.25) is 0 Å². The van der Waals surface area contributed by atoms with Gasteiger partial charge in [-0.2, -0.15) is 0 Å². The lowest BCUT2D eigenvalue weighted by molar-refractivity contribution is -0.00293. The van der Waals surface area contributed by atoms with Crippen LogP contribution >= 0.6 is 11.6 Å². The van der Waals surface area contributed by atoms with Crippen molar-refractivity contribution < 1.29 is 5.11 Å².